The van der Waals surface area contributed by atoms with Crippen LogP contribution in [0.1, 0.15) is 0 Å². The number of para-hydroxylation sites is 1. The van der Waals surface area contributed by atoms with E-state index in [9.17, 15) is 0 Å². The average Bonchev–Trinajstić information content (AvgIpc) is 3.32. The van der Waals surface area contributed by atoms with Gasteiger partial charge in [0.2, 0.25) is 0 Å². The van der Waals surface area contributed by atoms with Gasteiger partial charge in [0.15, 0.2) is 0 Å². The molecule has 140 valence electrons. The molecule has 0 aliphatic heterocycles. The third-order valence-electron chi connectivity index (χ3n) is 6.05. The molecule has 0 radical (unpaired) electrons. The van der Waals surface area contributed by atoms with Gasteiger partial charge in [-0.3, -0.25) is 4.98 Å². The molecule has 7 rings (SSSR count). The minimum Gasteiger partial charge on any atom is -0.309 e. The van der Waals surface area contributed by atoms with Crippen LogP contribution in [0.3, 0.4) is 0 Å². The molecule has 0 spiro atoms. The summed E-state index contributed by atoms with van der Waals surface area (Å²) < 4.78 is 5.07. The van der Waals surface area contributed by atoms with Gasteiger partial charge in [-0.2, -0.15) is 0 Å². The van der Waals surface area contributed by atoms with Gasteiger partial charge < -0.3 is 4.57 Å². The van der Waals surface area contributed by atoms with Gasteiger partial charge in [-0.25, -0.2) is 0 Å². The Morgan fingerprint density at radius 3 is 2.43 bits per heavy atom. The topological polar surface area (TPSA) is 17.8 Å². The van der Waals surface area contributed by atoms with Gasteiger partial charge in [0.05, 0.1) is 11.0 Å². The molecular weight excluding hydrogens is 384 g/mol. The molecule has 0 fully saturated rings. The Hall–Kier alpha value is -3.69. The van der Waals surface area contributed by atoms with Crippen molar-refractivity contribution < 1.29 is 0 Å². The lowest BCUT2D eigenvalue weighted by Crippen LogP contribution is -1.93. The Labute approximate surface area is 176 Å². The largest absolute Gasteiger partial charge is 0.309 e. The van der Waals surface area contributed by atoms with Crippen molar-refractivity contribution in [2.24, 2.45) is 0 Å². The molecule has 0 aliphatic carbocycles. The molecular formula is C27H16N2S. The molecule has 3 aromatic heterocycles. The minimum atomic E-state index is 1.16. The fraction of sp³-hybridized carbons (Fsp3) is 0. The van der Waals surface area contributed by atoms with Crippen LogP contribution >= 0.6 is 11.3 Å². The molecule has 0 amide bonds. The fourth-order valence-corrected chi connectivity index (χ4v) is 5.80. The van der Waals surface area contributed by atoms with Gasteiger partial charge in [0, 0.05) is 54.4 Å². The van der Waals surface area contributed by atoms with Crippen LogP contribution in [0, 0.1) is 0 Å². The van der Waals surface area contributed by atoms with E-state index in [1.807, 2.05) is 23.7 Å². The van der Waals surface area contributed by atoms with Crippen LogP contribution in [0.15, 0.2) is 97.3 Å². The number of rotatable bonds is 1. The van der Waals surface area contributed by atoms with E-state index >= 15 is 0 Å². The number of hydrogen-bond donors (Lipinski definition) is 0. The standard InChI is InChI=1S/C27H16N2S/c1-3-7-24-20(5-1)22-14-23-21-6-2-4-8-26(21)30-27(23)15-25(22)29(24)19-10-9-18-16-28-12-11-17(18)13-19/h1-16H. The zero-order valence-corrected chi connectivity index (χ0v) is 16.9. The van der Waals surface area contributed by atoms with Crippen LogP contribution in [-0.4, -0.2) is 9.55 Å². The van der Waals surface area contributed by atoms with Crippen LogP contribution in [0.4, 0.5) is 0 Å². The van der Waals surface area contributed by atoms with Crippen molar-refractivity contribution in [3.05, 3.63) is 97.3 Å². The summed E-state index contributed by atoms with van der Waals surface area (Å²) in [5, 5.41) is 7.64. The monoisotopic (exact) mass is 400 g/mol. The number of thiophene rings is 1. The number of aromatic nitrogens is 2. The van der Waals surface area contributed by atoms with E-state index < -0.39 is 0 Å². The maximum absolute atomic E-state index is 4.25. The zero-order valence-electron chi connectivity index (χ0n) is 16.0. The van der Waals surface area contributed by atoms with Gasteiger partial charge in [-0.05, 0) is 47.9 Å². The third kappa shape index (κ3) is 2.15. The minimum absolute atomic E-state index is 1.16. The van der Waals surface area contributed by atoms with Crippen molar-refractivity contribution in [1.82, 2.24) is 9.55 Å². The molecule has 0 saturated carbocycles. The second-order valence-electron chi connectivity index (χ2n) is 7.72. The van der Waals surface area contributed by atoms with E-state index in [1.165, 1.54) is 53.1 Å². The van der Waals surface area contributed by atoms with Crippen LogP contribution in [0.25, 0.3) is 58.4 Å². The Balaban J connectivity index is 1.65. The SMILES string of the molecule is c1ccc2c(c1)sc1cc3c(cc12)c1ccccc1n3-c1ccc2cnccc2c1. The number of fused-ring (bicyclic) bond motifs is 7. The zero-order chi connectivity index (χ0) is 19.7. The summed E-state index contributed by atoms with van der Waals surface area (Å²) in [7, 11) is 0. The van der Waals surface area contributed by atoms with E-state index in [0.717, 1.165) is 5.39 Å². The first kappa shape index (κ1) is 16.1. The second kappa shape index (κ2) is 5.91. The van der Waals surface area contributed by atoms with Crippen molar-refractivity contribution in [2.45, 2.75) is 0 Å². The van der Waals surface area contributed by atoms with Gasteiger partial charge in [0.25, 0.3) is 0 Å². The highest BCUT2D eigenvalue weighted by atomic mass is 32.1. The predicted molar refractivity (Wildman–Crippen MR) is 129 cm³/mol. The summed E-state index contributed by atoms with van der Waals surface area (Å²) in [4.78, 5) is 4.25. The number of pyridine rings is 1. The lowest BCUT2D eigenvalue weighted by Gasteiger charge is -2.09. The Morgan fingerprint density at radius 2 is 1.47 bits per heavy atom. The normalized spacial score (nSPS) is 12.0. The Bertz CT molecular complexity index is 1750. The molecule has 0 N–H and O–H groups in total. The van der Waals surface area contributed by atoms with Crippen molar-refractivity contribution in [3.8, 4) is 5.69 Å². The second-order valence-corrected chi connectivity index (χ2v) is 8.81. The van der Waals surface area contributed by atoms with Gasteiger partial charge >= 0.3 is 0 Å². The highest BCUT2D eigenvalue weighted by Crippen LogP contribution is 2.40. The number of hydrogen-bond acceptors (Lipinski definition) is 2. The average molecular weight is 401 g/mol. The highest BCUT2D eigenvalue weighted by molar-refractivity contribution is 7.25. The predicted octanol–water partition coefficient (Wildman–Crippen LogP) is 7.70. The van der Waals surface area contributed by atoms with Crippen LogP contribution in [0.2, 0.25) is 0 Å². The molecule has 3 heterocycles. The molecule has 4 aromatic carbocycles. The van der Waals surface area contributed by atoms with Gasteiger partial charge in [-0.1, -0.05) is 42.5 Å². The number of nitrogens with zero attached hydrogens (tertiary/aromatic N) is 2. The molecule has 30 heavy (non-hydrogen) atoms. The maximum atomic E-state index is 4.25. The molecule has 0 saturated heterocycles. The molecule has 0 atom stereocenters. The van der Waals surface area contributed by atoms with Crippen molar-refractivity contribution in [3.63, 3.8) is 0 Å². The van der Waals surface area contributed by atoms with Crippen LogP contribution in [-0.2, 0) is 0 Å². The van der Waals surface area contributed by atoms with E-state index in [4.69, 9.17) is 0 Å². The van der Waals surface area contributed by atoms with E-state index in [2.05, 4.69) is 94.5 Å². The summed E-state index contributed by atoms with van der Waals surface area (Å²) >= 11 is 1.87. The summed E-state index contributed by atoms with van der Waals surface area (Å²) in [6.45, 7) is 0. The molecule has 7 aromatic rings. The smallest absolute Gasteiger partial charge is 0.0555 e. The number of benzene rings is 4. The van der Waals surface area contributed by atoms with Crippen molar-refractivity contribution >= 4 is 64.1 Å². The van der Waals surface area contributed by atoms with Crippen molar-refractivity contribution in [2.75, 3.05) is 0 Å². The highest BCUT2D eigenvalue weighted by Gasteiger charge is 2.15. The third-order valence-corrected chi connectivity index (χ3v) is 7.19. The van der Waals surface area contributed by atoms with E-state index in [-0.39, 0.29) is 0 Å². The quantitative estimate of drug-likeness (QED) is 0.276. The van der Waals surface area contributed by atoms with Crippen LogP contribution < -0.4 is 0 Å². The molecule has 0 aliphatic rings. The Morgan fingerprint density at radius 1 is 0.600 bits per heavy atom. The molecule has 0 bridgehead atoms. The Kier molecular flexibility index (Phi) is 3.18. The summed E-state index contributed by atoms with van der Waals surface area (Å²) in [5.41, 5.74) is 3.67. The summed E-state index contributed by atoms with van der Waals surface area (Å²) in [6, 6.07) is 30.9. The van der Waals surface area contributed by atoms with Crippen molar-refractivity contribution in [1.29, 1.82) is 0 Å². The molecule has 3 heteroatoms. The first-order chi connectivity index (χ1) is 14.9. The summed E-state index contributed by atoms with van der Waals surface area (Å²) in [5.74, 6) is 0. The van der Waals surface area contributed by atoms with Crippen LogP contribution in [0.5, 0.6) is 0 Å². The van der Waals surface area contributed by atoms with E-state index in [1.54, 1.807) is 0 Å². The first-order valence-electron chi connectivity index (χ1n) is 10.1. The van der Waals surface area contributed by atoms with Gasteiger partial charge in [-0.15, -0.1) is 11.3 Å². The first-order valence-corrected chi connectivity index (χ1v) is 10.9. The lowest BCUT2D eigenvalue weighted by atomic mass is 10.1. The van der Waals surface area contributed by atoms with Gasteiger partial charge in [0.1, 0.15) is 0 Å². The molecule has 0 unspecified atom stereocenters. The lowest BCUT2D eigenvalue weighted by molar-refractivity contribution is 1.19. The summed E-state index contributed by atoms with van der Waals surface area (Å²) in [6.07, 6.45) is 3.78. The molecule has 2 nitrogen and oxygen atoms in total. The van der Waals surface area contributed by atoms with E-state index in [0.29, 0.717) is 0 Å². The fourth-order valence-electron chi connectivity index (χ4n) is 4.68. The maximum Gasteiger partial charge on any atom is 0.0555 e.